The van der Waals surface area contributed by atoms with E-state index in [-0.39, 0.29) is 29.9 Å². The Kier molecular flexibility index (Phi) is 8.70. The van der Waals surface area contributed by atoms with E-state index in [9.17, 15) is 44.3 Å². The summed E-state index contributed by atoms with van der Waals surface area (Å²) in [4.78, 5) is 25.1. The summed E-state index contributed by atoms with van der Waals surface area (Å²) in [6, 6.07) is 3.01. The Morgan fingerprint density at radius 1 is 1.03 bits per heavy atom. The lowest BCUT2D eigenvalue weighted by Gasteiger charge is -2.30. The molecule has 0 aliphatic carbocycles. The van der Waals surface area contributed by atoms with Gasteiger partial charge in [-0.05, 0) is 37.3 Å². The minimum atomic E-state index is -5.27. The van der Waals surface area contributed by atoms with E-state index in [2.05, 4.69) is 15.0 Å². The molecule has 2 aromatic rings. The molecule has 0 saturated carbocycles. The minimum absolute atomic E-state index is 0.00611. The Morgan fingerprint density at radius 3 is 2.06 bits per heavy atom. The van der Waals surface area contributed by atoms with Crippen molar-refractivity contribution in [3.8, 4) is 0 Å². The van der Waals surface area contributed by atoms with Crippen molar-refractivity contribution in [1.29, 1.82) is 0 Å². The normalized spacial score (nSPS) is 14.2. The summed E-state index contributed by atoms with van der Waals surface area (Å²) in [6.07, 6.45) is -14.9. The van der Waals surface area contributed by atoms with Crippen LogP contribution in [-0.2, 0) is 12.4 Å². The monoisotopic (exact) mass is 527 g/mol. The van der Waals surface area contributed by atoms with Crippen LogP contribution in [0.5, 0.6) is 0 Å². The molecule has 1 aromatic carbocycles. The van der Waals surface area contributed by atoms with Crippen LogP contribution >= 0.6 is 0 Å². The molecule has 0 bridgehead atoms. The van der Waals surface area contributed by atoms with E-state index in [1.54, 1.807) is 0 Å². The number of hydrogen-bond acceptors (Lipinski definition) is 3. The first-order valence-corrected chi connectivity index (χ1v) is 9.94. The quantitative estimate of drug-likeness (QED) is 0.301. The molecule has 0 spiro atoms. The number of benzene rings is 1. The zero-order valence-electron chi connectivity index (χ0n) is 18.3. The largest absolute Gasteiger partial charge is 0.416 e. The lowest BCUT2D eigenvalue weighted by molar-refractivity contribution is -0.143. The maximum atomic E-state index is 13.2. The summed E-state index contributed by atoms with van der Waals surface area (Å²) in [6.45, 7) is 0.0176. The van der Waals surface area contributed by atoms with Crippen molar-refractivity contribution < 1.29 is 44.3 Å². The van der Waals surface area contributed by atoms with Gasteiger partial charge in [0, 0.05) is 18.3 Å². The van der Waals surface area contributed by atoms with Crippen LogP contribution in [0.2, 0.25) is 0 Å². The van der Waals surface area contributed by atoms with Crippen molar-refractivity contribution in [1.82, 2.24) is 9.88 Å². The molecule has 1 unspecified atom stereocenters. The number of amides is 1. The van der Waals surface area contributed by atoms with E-state index in [4.69, 9.17) is 5.73 Å². The van der Waals surface area contributed by atoms with Crippen LogP contribution in [0.4, 0.5) is 45.3 Å². The van der Waals surface area contributed by atoms with E-state index in [0.717, 1.165) is 6.92 Å². The molecule has 1 heterocycles. The average molecular weight is 527 g/mol. The first kappa shape index (κ1) is 28.6. The zero-order chi connectivity index (χ0) is 27.3. The molecule has 0 fully saturated rings. The van der Waals surface area contributed by atoms with Gasteiger partial charge in [0.15, 0.2) is 11.7 Å². The van der Waals surface area contributed by atoms with Crippen molar-refractivity contribution in [2.24, 2.45) is 15.7 Å². The molecule has 196 valence electrons. The van der Waals surface area contributed by atoms with Gasteiger partial charge in [0.05, 0.1) is 29.9 Å². The highest BCUT2D eigenvalue weighted by Crippen LogP contribution is 2.37. The van der Waals surface area contributed by atoms with Crippen LogP contribution in [0.25, 0.3) is 0 Å². The molecule has 1 aromatic heterocycles. The van der Waals surface area contributed by atoms with Crippen molar-refractivity contribution in [2.75, 3.05) is 6.54 Å². The van der Waals surface area contributed by atoms with E-state index in [1.165, 1.54) is 24.4 Å². The lowest BCUT2D eigenvalue weighted by Crippen LogP contribution is -2.44. The van der Waals surface area contributed by atoms with Gasteiger partial charge in [-0.25, -0.2) is 15.0 Å². The number of aromatic nitrogens is 1. The molecule has 15 heteroatoms. The maximum Gasteiger partial charge on any atom is 0.416 e. The number of hydrogen-bond donors (Lipinski definition) is 1. The highest BCUT2D eigenvalue weighted by atomic mass is 19.4. The van der Waals surface area contributed by atoms with Crippen molar-refractivity contribution in [2.45, 2.75) is 37.9 Å². The number of carbonyl (C=O) groups excluding carboxylic acids is 1. The molecule has 0 radical (unpaired) electrons. The van der Waals surface area contributed by atoms with Gasteiger partial charge in [0.25, 0.3) is 5.91 Å². The van der Waals surface area contributed by atoms with E-state index in [0.29, 0.717) is 11.2 Å². The van der Waals surface area contributed by atoms with Gasteiger partial charge < -0.3 is 10.6 Å². The summed E-state index contributed by atoms with van der Waals surface area (Å²) < 4.78 is 118. The highest BCUT2D eigenvalue weighted by Gasteiger charge is 2.39. The van der Waals surface area contributed by atoms with Crippen LogP contribution in [0.1, 0.15) is 34.8 Å². The van der Waals surface area contributed by atoms with Gasteiger partial charge >= 0.3 is 18.5 Å². The Bertz CT molecular complexity index is 1080. The Hall–Kier alpha value is -3.65. The van der Waals surface area contributed by atoms with E-state index < -0.39 is 60.1 Å². The number of aliphatic imine (C=N–C) groups is 2. The van der Waals surface area contributed by atoms with Crippen LogP contribution in [-0.4, -0.2) is 46.7 Å². The Labute approximate surface area is 198 Å². The van der Waals surface area contributed by atoms with Gasteiger partial charge in [0.2, 0.25) is 0 Å². The van der Waals surface area contributed by atoms with Crippen LogP contribution in [0.3, 0.4) is 0 Å². The standard InChI is InChI=1S/C21H18F9N5O/c1-12(17(33-11-31)34-16-4-2-3-6-32-16)35(7-5-19(22,23)24)18(36)13-8-14(20(25,26)27)10-15(9-13)21(28,29)30/h2-4,6,8-12H,5,7H2,1H3,(H2,31,32,33,34). The second-order valence-corrected chi connectivity index (χ2v) is 7.27. The lowest BCUT2D eigenvalue weighted by atomic mass is 10.0. The molecule has 0 aliphatic heterocycles. The molecular formula is C21H18F9N5O. The molecular weight excluding hydrogens is 509 g/mol. The van der Waals surface area contributed by atoms with Crippen LogP contribution in [0.15, 0.2) is 52.6 Å². The highest BCUT2D eigenvalue weighted by molar-refractivity contribution is 6.01. The first-order valence-electron chi connectivity index (χ1n) is 9.94. The SMILES string of the molecule is CC(C(N=CN)=Nc1ccccn1)N(CCC(F)(F)F)C(=O)c1cc(C(F)(F)F)cc(C(F)(F)F)c1. The van der Waals surface area contributed by atoms with E-state index >= 15 is 0 Å². The third-order valence-corrected chi connectivity index (χ3v) is 4.66. The summed E-state index contributed by atoms with van der Waals surface area (Å²) in [5, 5.41) is 0. The molecule has 2 rings (SSSR count). The number of alkyl halides is 9. The third kappa shape index (κ3) is 7.95. The minimum Gasteiger partial charge on any atom is -0.390 e. The molecule has 0 saturated heterocycles. The zero-order valence-corrected chi connectivity index (χ0v) is 18.3. The number of amidine groups is 1. The molecule has 6 nitrogen and oxygen atoms in total. The number of pyridine rings is 1. The molecule has 1 atom stereocenters. The molecule has 0 aliphatic rings. The Morgan fingerprint density at radius 2 is 1.61 bits per heavy atom. The number of nitrogens with two attached hydrogens (primary N) is 1. The van der Waals surface area contributed by atoms with Gasteiger partial charge in [-0.2, -0.15) is 39.5 Å². The number of nitrogens with zero attached hydrogens (tertiary/aromatic N) is 4. The van der Waals surface area contributed by atoms with Crippen molar-refractivity contribution >= 4 is 23.9 Å². The number of rotatable bonds is 6. The summed E-state index contributed by atoms with van der Waals surface area (Å²) in [5.74, 6) is -1.90. The molecule has 36 heavy (non-hydrogen) atoms. The van der Waals surface area contributed by atoms with Crippen LogP contribution in [0, 0.1) is 0 Å². The number of halogens is 9. The van der Waals surface area contributed by atoms with Crippen LogP contribution < -0.4 is 5.73 Å². The Balaban J connectivity index is 2.63. The van der Waals surface area contributed by atoms with Gasteiger partial charge in [-0.15, -0.1) is 0 Å². The predicted octanol–water partition coefficient (Wildman–Crippen LogP) is 5.62. The third-order valence-electron chi connectivity index (χ3n) is 4.66. The van der Waals surface area contributed by atoms with Gasteiger partial charge in [0.1, 0.15) is 0 Å². The number of carbonyl (C=O) groups is 1. The van der Waals surface area contributed by atoms with Gasteiger partial charge in [-0.1, -0.05) is 6.07 Å². The van der Waals surface area contributed by atoms with Crippen molar-refractivity contribution in [3.63, 3.8) is 0 Å². The second-order valence-electron chi connectivity index (χ2n) is 7.27. The first-order chi connectivity index (χ1) is 16.5. The summed E-state index contributed by atoms with van der Waals surface area (Å²) >= 11 is 0. The molecule has 2 N–H and O–H groups in total. The van der Waals surface area contributed by atoms with E-state index in [1.807, 2.05) is 0 Å². The average Bonchev–Trinajstić information content (AvgIpc) is 2.77. The summed E-state index contributed by atoms with van der Waals surface area (Å²) in [5.41, 5.74) is 0.536. The fraction of sp³-hybridized carbons (Fsp3) is 0.333. The van der Waals surface area contributed by atoms with Gasteiger partial charge in [-0.3, -0.25) is 4.79 Å². The summed E-state index contributed by atoms with van der Waals surface area (Å²) in [7, 11) is 0. The fourth-order valence-corrected chi connectivity index (χ4v) is 2.95. The molecule has 1 amide bonds. The second kappa shape index (κ2) is 11.0. The maximum absolute atomic E-state index is 13.2. The smallest absolute Gasteiger partial charge is 0.390 e. The fourth-order valence-electron chi connectivity index (χ4n) is 2.95. The predicted molar refractivity (Wildman–Crippen MR) is 112 cm³/mol. The van der Waals surface area contributed by atoms with Crippen molar-refractivity contribution in [3.05, 3.63) is 59.3 Å². The topological polar surface area (TPSA) is 83.9 Å².